The van der Waals surface area contributed by atoms with E-state index in [2.05, 4.69) is 23.2 Å². The molecule has 2 aliphatic rings. The minimum absolute atomic E-state index is 0.329. The predicted molar refractivity (Wildman–Crippen MR) is 80.5 cm³/mol. The first-order valence-corrected chi connectivity index (χ1v) is 7.66. The average Bonchev–Trinajstić information content (AvgIpc) is 3.28. The molecule has 21 heavy (non-hydrogen) atoms. The number of ether oxygens (including phenoxy) is 1. The van der Waals surface area contributed by atoms with E-state index in [1.165, 1.54) is 35.1 Å². The molecular weight excluding hydrogens is 265 g/mol. The van der Waals surface area contributed by atoms with E-state index in [1.54, 1.807) is 0 Å². The maximum atomic E-state index is 12.1. The normalized spacial score (nSPS) is 15.7. The van der Waals surface area contributed by atoms with Gasteiger partial charge in [0.15, 0.2) is 0 Å². The molecule has 108 valence electrons. The molecule has 0 unspecified atom stereocenters. The first-order valence-electron chi connectivity index (χ1n) is 7.66. The molecule has 3 heteroatoms. The zero-order valence-electron chi connectivity index (χ0n) is 11.9. The topological polar surface area (TPSA) is 22.1 Å². The van der Waals surface area contributed by atoms with E-state index in [9.17, 15) is 4.39 Å². The van der Waals surface area contributed by atoms with Gasteiger partial charge in [0.05, 0.1) is 19.0 Å². The molecule has 0 aliphatic heterocycles. The summed E-state index contributed by atoms with van der Waals surface area (Å²) < 4.78 is 17.7. The van der Waals surface area contributed by atoms with Crippen LogP contribution in [0.4, 0.5) is 4.39 Å². The van der Waals surface area contributed by atoms with Crippen LogP contribution in [0.3, 0.4) is 0 Å². The molecule has 1 heterocycles. The Hall–Kier alpha value is -1.90. The molecule has 0 bridgehead atoms. The predicted octanol–water partition coefficient (Wildman–Crippen LogP) is 4.27. The van der Waals surface area contributed by atoms with Crippen LogP contribution in [0.2, 0.25) is 0 Å². The Morgan fingerprint density at radius 1 is 1.19 bits per heavy atom. The highest BCUT2D eigenvalue weighted by Gasteiger charge is 2.27. The summed E-state index contributed by atoms with van der Waals surface area (Å²) in [7, 11) is 0. The van der Waals surface area contributed by atoms with Crippen LogP contribution < -0.4 is 4.74 Å². The number of pyridine rings is 1. The zero-order chi connectivity index (χ0) is 14.2. The number of fused-ring (bicyclic) bond motifs is 3. The number of benzene rings is 1. The summed E-state index contributed by atoms with van der Waals surface area (Å²) in [5.41, 5.74) is 6.31. The first kappa shape index (κ1) is 12.8. The van der Waals surface area contributed by atoms with Crippen molar-refractivity contribution >= 4 is 0 Å². The molecular formula is C18H18FNO. The lowest BCUT2D eigenvalue weighted by Crippen LogP contribution is -1.98. The number of hydrogen-bond donors (Lipinski definition) is 0. The second kappa shape index (κ2) is 5.14. The van der Waals surface area contributed by atoms with Gasteiger partial charge in [-0.3, -0.25) is 9.37 Å². The van der Waals surface area contributed by atoms with Crippen molar-refractivity contribution in [1.29, 1.82) is 0 Å². The van der Waals surface area contributed by atoms with Crippen LogP contribution in [0.25, 0.3) is 11.3 Å². The van der Waals surface area contributed by atoms with E-state index in [-0.39, 0.29) is 6.67 Å². The van der Waals surface area contributed by atoms with Gasteiger partial charge < -0.3 is 4.74 Å². The Kier molecular flexibility index (Phi) is 3.13. The van der Waals surface area contributed by atoms with Crippen LogP contribution in [-0.4, -0.2) is 18.3 Å². The molecule has 0 saturated heterocycles. The number of alkyl halides is 1. The lowest BCUT2D eigenvalue weighted by atomic mass is 10.1. The highest BCUT2D eigenvalue weighted by Crippen LogP contribution is 2.43. The molecule has 2 aliphatic carbocycles. The van der Waals surface area contributed by atoms with Gasteiger partial charge in [0.1, 0.15) is 5.75 Å². The SMILES string of the molecule is FCCCOc1ccc2c(c1)Cc1cc(C3CC3)cnc1-2. The molecule has 1 fully saturated rings. The zero-order valence-corrected chi connectivity index (χ0v) is 11.9. The summed E-state index contributed by atoms with van der Waals surface area (Å²) in [5.74, 6) is 1.57. The number of rotatable bonds is 5. The summed E-state index contributed by atoms with van der Waals surface area (Å²) in [6.45, 7) is 0.108. The van der Waals surface area contributed by atoms with Crippen molar-refractivity contribution in [2.24, 2.45) is 0 Å². The second-order valence-electron chi connectivity index (χ2n) is 5.94. The maximum Gasteiger partial charge on any atom is 0.119 e. The Morgan fingerprint density at radius 3 is 2.90 bits per heavy atom. The minimum Gasteiger partial charge on any atom is -0.493 e. The summed E-state index contributed by atoms with van der Waals surface area (Å²) in [6.07, 6.45) is 6.03. The third kappa shape index (κ3) is 2.41. The van der Waals surface area contributed by atoms with Crippen molar-refractivity contribution in [2.45, 2.75) is 31.6 Å². The van der Waals surface area contributed by atoms with Crippen LogP contribution in [0.15, 0.2) is 30.5 Å². The lowest BCUT2D eigenvalue weighted by molar-refractivity contribution is 0.289. The molecule has 4 rings (SSSR count). The van der Waals surface area contributed by atoms with E-state index in [0.717, 1.165) is 23.8 Å². The highest BCUT2D eigenvalue weighted by molar-refractivity contribution is 5.74. The molecule has 0 radical (unpaired) electrons. The monoisotopic (exact) mass is 283 g/mol. The molecule has 2 nitrogen and oxygen atoms in total. The summed E-state index contributed by atoms with van der Waals surface area (Å²) >= 11 is 0. The van der Waals surface area contributed by atoms with Gasteiger partial charge in [-0.25, -0.2) is 0 Å². The Bertz CT molecular complexity index is 679. The number of nitrogens with zero attached hydrogens (tertiary/aromatic N) is 1. The standard InChI is InChI=1S/C18H18FNO/c19-6-1-7-21-16-4-5-17-13(10-16)8-14-9-15(12-2-3-12)11-20-18(14)17/h4-5,9-12H,1-3,6-8H2. The smallest absolute Gasteiger partial charge is 0.119 e. The van der Waals surface area contributed by atoms with E-state index in [1.807, 2.05) is 12.3 Å². The number of aromatic nitrogens is 1. The molecule has 0 N–H and O–H groups in total. The Labute approximate surface area is 124 Å². The average molecular weight is 283 g/mol. The van der Waals surface area contributed by atoms with Crippen LogP contribution in [0.5, 0.6) is 5.75 Å². The molecule has 0 amide bonds. The molecule has 0 spiro atoms. The molecule has 1 aromatic heterocycles. The second-order valence-corrected chi connectivity index (χ2v) is 5.94. The van der Waals surface area contributed by atoms with Gasteiger partial charge >= 0.3 is 0 Å². The van der Waals surface area contributed by atoms with Crippen molar-refractivity contribution in [1.82, 2.24) is 4.98 Å². The van der Waals surface area contributed by atoms with Gasteiger partial charge in [0.2, 0.25) is 0 Å². The van der Waals surface area contributed by atoms with Crippen LogP contribution in [0, 0.1) is 0 Å². The minimum atomic E-state index is -0.329. The fraction of sp³-hybridized carbons (Fsp3) is 0.389. The van der Waals surface area contributed by atoms with Gasteiger partial charge in [-0.15, -0.1) is 0 Å². The fourth-order valence-corrected chi connectivity index (χ4v) is 3.03. The molecule has 2 aromatic rings. The van der Waals surface area contributed by atoms with Crippen LogP contribution >= 0.6 is 0 Å². The van der Waals surface area contributed by atoms with Crippen LogP contribution in [-0.2, 0) is 6.42 Å². The third-order valence-electron chi connectivity index (χ3n) is 4.30. The van der Waals surface area contributed by atoms with Crippen molar-refractivity contribution in [3.63, 3.8) is 0 Å². The van der Waals surface area contributed by atoms with E-state index in [4.69, 9.17) is 4.74 Å². The number of halogens is 1. The summed E-state index contributed by atoms with van der Waals surface area (Å²) in [6, 6.07) is 8.44. The fourth-order valence-electron chi connectivity index (χ4n) is 3.03. The third-order valence-corrected chi connectivity index (χ3v) is 4.30. The first-order chi connectivity index (χ1) is 10.3. The maximum absolute atomic E-state index is 12.1. The highest BCUT2D eigenvalue weighted by atomic mass is 19.1. The van der Waals surface area contributed by atoms with Gasteiger partial charge in [-0.2, -0.15) is 0 Å². The van der Waals surface area contributed by atoms with E-state index >= 15 is 0 Å². The Balaban J connectivity index is 1.59. The molecule has 1 aromatic carbocycles. The summed E-state index contributed by atoms with van der Waals surface area (Å²) in [4.78, 5) is 4.68. The lowest BCUT2D eigenvalue weighted by Gasteiger charge is -2.07. The molecule has 0 atom stereocenters. The number of hydrogen-bond acceptors (Lipinski definition) is 2. The van der Waals surface area contributed by atoms with Gasteiger partial charge in [0, 0.05) is 24.6 Å². The van der Waals surface area contributed by atoms with E-state index < -0.39 is 0 Å². The van der Waals surface area contributed by atoms with E-state index in [0.29, 0.717) is 13.0 Å². The quantitative estimate of drug-likeness (QED) is 0.652. The summed E-state index contributed by atoms with van der Waals surface area (Å²) in [5, 5.41) is 0. The van der Waals surface area contributed by atoms with Crippen molar-refractivity contribution < 1.29 is 9.13 Å². The molecule has 1 saturated carbocycles. The van der Waals surface area contributed by atoms with Crippen LogP contribution in [0.1, 0.15) is 41.9 Å². The van der Waals surface area contributed by atoms with Crippen molar-refractivity contribution in [2.75, 3.05) is 13.3 Å². The Morgan fingerprint density at radius 2 is 2.10 bits per heavy atom. The van der Waals surface area contributed by atoms with Gasteiger partial charge in [-0.05, 0) is 53.6 Å². The van der Waals surface area contributed by atoms with Crippen molar-refractivity contribution in [3.8, 4) is 17.0 Å². The largest absolute Gasteiger partial charge is 0.493 e. The van der Waals surface area contributed by atoms with Crippen molar-refractivity contribution in [3.05, 3.63) is 47.2 Å². The van der Waals surface area contributed by atoms with Gasteiger partial charge in [0.25, 0.3) is 0 Å². The van der Waals surface area contributed by atoms with Gasteiger partial charge in [-0.1, -0.05) is 6.07 Å².